The zero-order chi connectivity index (χ0) is 20.8. The fraction of sp³-hybridized carbons (Fsp3) is 0.571. The Morgan fingerprint density at radius 3 is 2.60 bits per heavy atom. The maximum atomic E-state index is 12.0. The maximum Gasteiger partial charge on any atom is 0.234 e. The molecule has 0 radical (unpaired) electrons. The van der Waals surface area contributed by atoms with E-state index in [0.29, 0.717) is 13.1 Å². The van der Waals surface area contributed by atoms with E-state index in [1.807, 2.05) is 26.0 Å². The van der Waals surface area contributed by atoms with Gasteiger partial charge in [-0.15, -0.1) is 24.0 Å². The summed E-state index contributed by atoms with van der Waals surface area (Å²) in [5.74, 6) is 1.00. The molecule has 9 heteroatoms. The Morgan fingerprint density at radius 2 is 1.97 bits per heavy atom. The highest BCUT2D eigenvalue weighted by molar-refractivity contribution is 14.0. The predicted octanol–water partition coefficient (Wildman–Crippen LogP) is 1.87. The van der Waals surface area contributed by atoms with Crippen LogP contribution in [0.4, 0.5) is 0 Å². The van der Waals surface area contributed by atoms with E-state index in [1.54, 1.807) is 0 Å². The number of carbonyl (C=O) groups is 1. The molecule has 0 saturated carbocycles. The topological polar surface area (TPSA) is 77.3 Å². The Bertz CT molecular complexity index is 856. The lowest BCUT2D eigenvalue weighted by Crippen LogP contribution is -2.54. The number of rotatable bonds is 6. The quantitative estimate of drug-likeness (QED) is 0.341. The normalized spacial score (nSPS) is 15.4. The van der Waals surface area contributed by atoms with Crippen molar-refractivity contribution in [3.05, 3.63) is 35.8 Å². The maximum absolute atomic E-state index is 12.0. The van der Waals surface area contributed by atoms with Crippen LogP contribution in [0.15, 0.2) is 29.4 Å². The van der Waals surface area contributed by atoms with E-state index < -0.39 is 0 Å². The first-order chi connectivity index (χ1) is 14.0. The van der Waals surface area contributed by atoms with Crippen molar-refractivity contribution in [1.29, 1.82) is 0 Å². The number of carbonyl (C=O) groups excluding carboxylic acids is 1. The van der Waals surface area contributed by atoms with Gasteiger partial charge < -0.3 is 19.9 Å². The van der Waals surface area contributed by atoms with E-state index in [9.17, 15) is 4.79 Å². The second-order valence-corrected chi connectivity index (χ2v) is 7.78. The van der Waals surface area contributed by atoms with E-state index in [0.717, 1.165) is 55.7 Å². The Morgan fingerprint density at radius 1 is 1.23 bits per heavy atom. The molecule has 3 heterocycles. The average Bonchev–Trinajstić information content (AvgIpc) is 3.10. The first kappa shape index (κ1) is 24.4. The summed E-state index contributed by atoms with van der Waals surface area (Å²) in [6.45, 7) is 13.4. The minimum Gasteiger partial charge on any atom is -0.357 e. The third-order valence-corrected chi connectivity index (χ3v) is 4.96. The summed E-state index contributed by atoms with van der Waals surface area (Å²) < 4.78 is 2.10. The fourth-order valence-electron chi connectivity index (χ4n) is 3.55. The molecule has 0 aliphatic carbocycles. The minimum atomic E-state index is 0. The van der Waals surface area contributed by atoms with E-state index in [4.69, 9.17) is 4.99 Å². The minimum absolute atomic E-state index is 0. The smallest absolute Gasteiger partial charge is 0.234 e. The molecular formula is C21H34IN7O. The summed E-state index contributed by atoms with van der Waals surface area (Å²) in [4.78, 5) is 25.9. The lowest BCUT2D eigenvalue weighted by molar-refractivity contribution is -0.123. The summed E-state index contributed by atoms with van der Waals surface area (Å²) >= 11 is 0. The first-order valence-electron chi connectivity index (χ1n) is 10.4. The summed E-state index contributed by atoms with van der Waals surface area (Å²) in [5, 5.41) is 6.35. The molecule has 2 N–H and O–H groups in total. The molecule has 8 nitrogen and oxygen atoms in total. The number of pyridine rings is 1. The number of aliphatic imine (C=N–C) groups is 1. The Kier molecular flexibility index (Phi) is 9.35. The van der Waals surface area contributed by atoms with Crippen LogP contribution in [-0.4, -0.2) is 76.4 Å². The van der Waals surface area contributed by atoms with Crippen LogP contribution in [0, 0.1) is 6.92 Å². The van der Waals surface area contributed by atoms with Crippen LogP contribution in [0.2, 0.25) is 0 Å². The van der Waals surface area contributed by atoms with Gasteiger partial charge in [-0.3, -0.25) is 9.69 Å². The number of piperazine rings is 1. The van der Waals surface area contributed by atoms with Crippen molar-refractivity contribution in [3.8, 4) is 0 Å². The molecule has 30 heavy (non-hydrogen) atoms. The molecule has 3 rings (SSSR count). The largest absolute Gasteiger partial charge is 0.357 e. The zero-order valence-electron chi connectivity index (χ0n) is 18.4. The van der Waals surface area contributed by atoms with Crippen LogP contribution >= 0.6 is 24.0 Å². The van der Waals surface area contributed by atoms with Gasteiger partial charge in [-0.25, -0.2) is 9.98 Å². The lowest BCUT2D eigenvalue weighted by atomic mass is 10.3. The average molecular weight is 527 g/mol. The molecule has 1 saturated heterocycles. The predicted molar refractivity (Wildman–Crippen MR) is 131 cm³/mol. The lowest BCUT2D eigenvalue weighted by Gasteiger charge is -2.36. The van der Waals surface area contributed by atoms with Crippen molar-refractivity contribution in [2.45, 2.75) is 40.3 Å². The van der Waals surface area contributed by atoms with Gasteiger partial charge in [0.05, 0.1) is 18.8 Å². The van der Waals surface area contributed by atoms with Crippen molar-refractivity contribution in [3.63, 3.8) is 0 Å². The monoisotopic (exact) mass is 527 g/mol. The molecule has 166 valence electrons. The molecule has 1 aliphatic rings. The van der Waals surface area contributed by atoms with Crippen LogP contribution in [0.1, 0.15) is 32.2 Å². The number of amides is 1. The summed E-state index contributed by atoms with van der Waals surface area (Å²) in [6, 6.07) is 6.29. The van der Waals surface area contributed by atoms with E-state index in [1.165, 1.54) is 0 Å². The second kappa shape index (κ2) is 11.5. The number of guanidine groups is 1. The molecule has 2 aromatic rings. The van der Waals surface area contributed by atoms with Gasteiger partial charge >= 0.3 is 0 Å². The molecule has 0 bridgehead atoms. The number of nitrogens with one attached hydrogen (secondary N) is 2. The van der Waals surface area contributed by atoms with Crippen LogP contribution in [0.25, 0.3) is 5.65 Å². The number of halogens is 1. The Labute approximate surface area is 196 Å². The second-order valence-electron chi connectivity index (χ2n) is 7.78. The molecule has 1 aliphatic heterocycles. The third-order valence-electron chi connectivity index (χ3n) is 4.96. The van der Waals surface area contributed by atoms with Crippen LogP contribution in [0.3, 0.4) is 0 Å². The van der Waals surface area contributed by atoms with E-state index >= 15 is 0 Å². The summed E-state index contributed by atoms with van der Waals surface area (Å²) in [5.41, 5.74) is 3.07. The van der Waals surface area contributed by atoms with Gasteiger partial charge in [0.1, 0.15) is 5.65 Å². The summed E-state index contributed by atoms with van der Waals surface area (Å²) in [7, 11) is 0. The van der Waals surface area contributed by atoms with E-state index in [2.05, 4.69) is 55.9 Å². The molecule has 0 atom stereocenters. The number of nitrogens with zero attached hydrogens (tertiary/aromatic N) is 5. The number of imidazole rings is 1. The van der Waals surface area contributed by atoms with Crippen LogP contribution in [0.5, 0.6) is 0 Å². The van der Waals surface area contributed by atoms with Gasteiger partial charge in [-0.1, -0.05) is 6.07 Å². The Hall–Kier alpha value is -1.88. The number of hydrogen-bond donors (Lipinski definition) is 2. The number of aromatic nitrogens is 2. The van der Waals surface area contributed by atoms with Gasteiger partial charge in [-0.2, -0.15) is 0 Å². The molecule has 1 amide bonds. The van der Waals surface area contributed by atoms with E-state index in [-0.39, 0.29) is 35.9 Å². The molecule has 1 fully saturated rings. The van der Waals surface area contributed by atoms with Gasteiger partial charge in [0.25, 0.3) is 0 Å². The van der Waals surface area contributed by atoms with Crippen molar-refractivity contribution >= 4 is 41.5 Å². The molecular weight excluding hydrogens is 493 g/mol. The van der Waals surface area contributed by atoms with Gasteiger partial charge in [0.15, 0.2) is 5.96 Å². The van der Waals surface area contributed by atoms with Crippen molar-refractivity contribution in [1.82, 2.24) is 29.8 Å². The van der Waals surface area contributed by atoms with Crippen LogP contribution in [-0.2, 0) is 11.3 Å². The zero-order valence-corrected chi connectivity index (χ0v) is 20.7. The highest BCUT2D eigenvalue weighted by atomic mass is 127. The summed E-state index contributed by atoms with van der Waals surface area (Å²) in [6.07, 6.45) is 2.06. The Balaban J connectivity index is 0.00000320. The van der Waals surface area contributed by atoms with Gasteiger partial charge in [0.2, 0.25) is 5.91 Å². The van der Waals surface area contributed by atoms with Gasteiger partial charge in [-0.05, 0) is 39.8 Å². The fourth-order valence-corrected chi connectivity index (χ4v) is 3.55. The van der Waals surface area contributed by atoms with Crippen LogP contribution < -0.4 is 10.6 Å². The molecule has 0 unspecified atom stereocenters. The number of fused-ring (bicyclic) bond motifs is 1. The highest BCUT2D eigenvalue weighted by Crippen LogP contribution is 2.10. The number of aryl methyl sites for hydroxylation is 1. The molecule has 0 aromatic carbocycles. The van der Waals surface area contributed by atoms with Crippen molar-refractivity contribution in [2.75, 3.05) is 39.3 Å². The SMILES string of the molecule is CCNC(=NCc1cn2c(C)cccc2n1)N1CCN(CC(=O)NC(C)C)CC1.I. The van der Waals surface area contributed by atoms with Crippen molar-refractivity contribution in [2.24, 2.45) is 4.99 Å². The highest BCUT2D eigenvalue weighted by Gasteiger charge is 2.21. The number of hydrogen-bond acceptors (Lipinski definition) is 4. The van der Waals surface area contributed by atoms with Gasteiger partial charge in [0, 0.05) is 50.7 Å². The van der Waals surface area contributed by atoms with Crippen molar-refractivity contribution < 1.29 is 4.79 Å². The standard InChI is InChI=1S/C21H33N7O.HI/c1-5-22-21(23-13-18-14-28-17(4)7-6-8-19(28)25-18)27-11-9-26(10-12-27)15-20(29)24-16(2)3;/h6-8,14,16H,5,9-13,15H2,1-4H3,(H,22,23)(H,24,29);1H. The first-order valence-corrected chi connectivity index (χ1v) is 10.4. The molecule has 2 aromatic heterocycles. The molecule has 0 spiro atoms. The third kappa shape index (κ3) is 6.56.